The highest BCUT2D eigenvalue weighted by Gasteiger charge is 2.32. The number of nitrogens with zero attached hydrogens (tertiary/aromatic N) is 1. The van der Waals surface area contributed by atoms with E-state index in [2.05, 4.69) is 0 Å². The van der Waals surface area contributed by atoms with Gasteiger partial charge < -0.3 is 19.1 Å². The number of carbonyl (C=O) groups is 1. The predicted molar refractivity (Wildman–Crippen MR) is 110 cm³/mol. The fourth-order valence-corrected chi connectivity index (χ4v) is 4.48. The summed E-state index contributed by atoms with van der Waals surface area (Å²) in [5.74, 6) is 1.37. The number of quaternary nitrogens is 1. The number of ether oxygens (including phenoxy) is 3. The maximum Gasteiger partial charge on any atom is 0.266 e. The van der Waals surface area contributed by atoms with E-state index in [0.29, 0.717) is 27.3 Å². The van der Waals surface area contributed by atoms with Crippen LogP contribution in [-0.4, -0.2) is 68.7 Å². The van der Waals surface area contributed by atoms with E-state index in [-0.39, 0.29) is 5.91 Å². The Hall–Kier alpha value is -1.61. The highest BCUT2D eigenvalue weighted by molar-refractivity contribution is 8.26. The Kier molecular flexibility index (Phi) is 7.12. The van der Waals surface area contributed by atoms with Gasteiger partial charge in [0.05, 0.1) is 38.9 Å². The first kappa shape index (κ1) is 20.1. The number of morpholine rings is 1. The third-order valence-electron chi connectivity index (χ3n) is 4.71. The summed E-state index contributed by atoms with van der Waals surface area (Å²) in [5, 5.41) is 0. The van der Waals surface area contributed by atoms with Crippen LogP contribution in [0.25, 0.3) is 6.08 Å². The summed E-state index contributed by atoms with van der Waals surface area (Å²) in [4.78, 5) is 16.7. The van der Waals surface area contributed by atoms with Crippen molar-refractivity contribution in [3.05, 3.63) is 28.7 Å². The maximum absolute atomic E-state index is 12.8. The molecule has 0 saturated carbocycles. The number of methoxy groups -OCH3 is 2. The lowest BCUT2D eigenvalue weighted by atomic mass is 10.1. The SMILES string of the molecule is COc1ccc(OC)c(/C=C2\SC(=S)N(CCC[NH+]3CCOCC3)C2=O)c1. The number of amides is 1. The quantitative estimate of drug-likeness (QED) is 0.540. The molecule has 1 aromatic carbocycles. The van der Waals surface area contributed by atoms with Gasteiger partial charge >= 0.3 is 0 Å². The van der Waals surface area contributed by atoms with Crippen molar-refractivity contribution in [2.24, 2.45) is 0 Å². The third-order valence-corrected chi connectivity index (χ3v) is 6.09. The van der Waals surface area contributed by atoms with E-state index in [1.807, 2.05) is 24.3 Å². The second-order valence-corrected chi connectivity index (χ2v) is 8.08. The molecule has 2 saturated heterocycles. The molecule has 27 heavy (non-hydrogen) atoms. The highest BCUT2D eigenvalue weighted by atomic mass is 32.2. The second-order valence-electron chi connectivity index (χ2n) is 6.41. The Morgan fingerprint density at radius 1 is 1.30 bits per heavy atom. The summed E-state index contributed by atoms with van der Waals surface area (Å²) in [6.07, 6.45) is 2.76. The molecule has 2 aliphatic rings. The van der Waals surface area contributed by atoms with Crippen molar-refractivity contribution >= 4 is 40.3 Å². The van der Waals surface area contributed by atoms with Crippen LogP contribution in [0, 0.1) is 0 Å². The topological polar surface area (TPSA) is 52.4 Å². The average molecular weight is 410 g/mol. The van der Waals surface area contributed by atoms with Crippen LogP contribution in [-0.2, 0) is 9.53 Å². The van der Waals surface area contributed by atoms with Crippen LogP contribution in [0.1, 0.15) is 12.0 Å². The van der Waals surface area contributed by atoms with Crippen molar-refractivity contribution in [3.63, 3.8) is 0 Å². The zero-order valence-electron chi connectivity index (χ0n) is 15.7. The zero-order chi connectivity index (χ0) is 19.2. The number of hydrogen-bond donors (Lipinski definition) is 1. The molecular formula is C19H25N2O4S2+. The van der Waals surface area contributed by atoms with E-state index < -0.39 is 0 Å². The summed E-state index contributed by atoms with van der Waals surface area (Å²) in [6.45, 7) is 5.40. The monoisotopic (exact) mass is 409 g/mol. The molecule has 0 atom stereocenters. The highest BCUT2D eigenvalue weighted by Crippen LogP contribution is 2.35. The van der Waals surface area contributed by atoms with Gasteiger partial charge in [0, 0.05) is 18.5 Å². The van der Waals surface area contributed by atoms with Crippen molar-refractivity contribution in [2.75, 3.05) is 53.6 Å². The lowest BCUT2D eigenvalue weighted by Crippen LogP contribution is -3.14. The van der Waals surface area contributed by atoms with E-state index in [1.54, 1.807) is 19.1 Å². The Balaban J connectivity index is 1.65. The van der Waals surface area contributed by atoms with Crippen LogP contribution in [0.4, 0.5) is 0 Å². The van der Waals surface area contributed by atoms with Gasteiger partial charge in [-0.05, 0) is 24.3 Å². The first-order valence-corrected chi connectivity index (χ1v) is 10.2. The first-order chi connectivity index (χ1) is 13.1. The molecule has 2 fully saturated rings. The van der Waals surface area contributed by atoms with Crippen LogP contribution >= 0.6 is 24.0 Å². The number of thiocarbonyl (C=S) groups is 1. The van der Waals surface area contributed by atoms with E-state index in [1.165, 1.54) is 16.7 Å². The Morgan fingerprint density at radius 2 is 2.07 bits per heavy atom. The van der Waals surface area contributed by atoms with E-state index in [0.717, 1.165) is 44.8 Å². The lowest BCUT2D eigenvalue weighted by Gasteiger charge is -2.24. The smallest absolute Gasteiger partial charge is 0.266 e. The minimum absolute atomic E-state index is 0.0353. The van der Waals surface area contributed by atoms with Crippen molar-refractivity contribution in [1.82, 2.24) is 4.90 Å². The van der Waals surface area contributed by atoms with Gasteiger partial charge in [0.25, 0.3) is 5.91 Å². The molecule has 0 aliphatic carbocycles. The summed E-state index contributed by atoms with van der Waals surface area (Å²) < 4.78 is 16.7. The van der Waals surface area contributed by atoms with Gasteiger partial charge in [-0.1, -0.05) is 24.0 Å². The molecule has 6 nitrogen and oxygen atoms in total. The molecule has 1 N–H and O–H groups in total. The molecule has 0 aromatic heterocycles. The molecule has 0 bridgehead atoms. The Bertz CT molecular complexity index is 732. The molecule has 2 heterocycles. The summed E-state index contributed by atoms with van der Waals surface area (Å²) in [5.41, 5.74) is 0.801. The van der Waals surface area contributed by atoms with Crippen LogP contribution in [0.15, 0.2) is 23.1 Å². The molecule has 3 rings (SSSR count). The molecular weight excluding hydrogens is 384 g/mol. The second kappa shape index (κ2) is 9.54. The van der Waals surface area contributed by atoms with Gasteiger partial charge in [-0.25, -0.2) is 0 Å². The molecule has 0 unspecified atom stereocenters. The third kappa shape index (κ3) is 5.01. The van der Waals surface area contributed by atoms with E-state index in [4.69, 9.17) is 26.4 Å². The number of nitrogens with one attached hydrogen (secondary N) is 1. The Morgan fingerprint density at radius 3 is 2.78 bits per heavy atom. The van der Waals surface area contributed by atoms with Gasteiger partial charge in [0.2, 0.25) is 0 Å². The van der Waals surface area contributed by atoms with Crippen LogP contribution in [0.2, 0.25) is 0 Å². The minimum atomic E-state index is -0.0353. The van der Waals surface area contributed by atoms with Gasteiger partial charge in [0.1, 0.15) is 28.9 Å². The van der Waals surface area contributed by atoms with Crippen molar-refractivity contribution in [1.29, 1.82) is 0 Å². The molecule has 1 aromatic rings. The summed E-state index contributed by atoms with van der Waals surface area (Å²) in [7, 11) is 3.22. The van der Waals surface area contributed by atoms with Crippen molar-refractivity contribution in [3.8, 4) is 11.5 Å². The fraction of sp³-hybridized carbons (Fsp3) is 0.474. The number of benzene rings is 1. The van der Waals surface area contributed by atoms with Crippen LogP contribution in [0.3, 0.4) is 0 Å². The average Bonchev–Trinajstić information content (AvgIpc) is 2.96. The van der Waals surface area contributed by atoms with Gasteiger partial charge in [0.15, 0.2) is 0 Å². The van der Waals surface area contributed by atoms with Crippen molar-refractivity contribution in [2.45, 2.75) is 6.42 Å². The van der Waals surface area contributed by atoms with E-state index >= 15 is 0 Å². The molecule has 0 spiro atoms. The van der Waals surface area contributed by atoms with Crippen LogP contribution in [0.5, 0.6) is 11.5 Å². The lowest BCUT2D eigenvalue weighted by molar-refractivity contribution is -0.908. The maximum atomic E-state index is 12.8. The largest absolute Gasteiger partial charge is 0.497 e. The number of rotatable bonds is 7. The Labute approximate surface area is 169 Å². The van der Waals surface area contributed by atoms with E-state index in [9.17, 15) is 4.79 Å². The zero-order valence-corrected chi connectivity index (χ0v) is 17.3. The minimum Gasteiger partial charge on any atom is -0.497 e. The first-order valence-electron chi connectivity index (χ1n) is 9.01. The summed E-state index contributed by atoms with van der Waals surface area (Å²) in [6, 6.07) is 5.51. The van der Waals surface area contributed by atoms with Crippen LogP contribution < -0.4 is 14.4 Å². The fourth-order valence-electron chi connectivity index (χ4n) is 3.18. The molecule has 0 radical (unpaired) electrons. The number of carbonyl (C=O) groups excluding carboxylic acids is 1. The standard InChI is InChI=1S/C19H24N2O4S2/c1-23-15-4-5-16(24-2)14(12-15)13-17-18(22)21(19(26)27-17)7-3-6-20-8-10-25-11-9-20/h4-5,12-13H,3,6-11H2,1-2H3/p+1/b17-13-. The number of thioether (sulfide) groups is 1. The molecule has 146 valence electrons. The van der Waals surface area contributed by atoms with Crippen molar-refractivity contribution < 1.29 is 23.9 Å². The molecule has 2 aliphatic heterocycles. The molecule has 8 heteroatoms. The number of hydrogen-bond acceptors (Lipinski definition) is 6. The van der Waals surface area contributed by atoms with Gasteiger partial charge in [-0.15, -0.1) is 0 Å². The predicted octanol–water partition coefficient (Wildman–Crippen LogP) is 1.21. The molecule has 1 amide bonds. The normalized spacial score (nSPS) is 19.8. The van der Waals surface area contributed by atoms with Gasteiger partial charge in [-0.2, -0.15) is 0 Å². The summed E-state index contributed by atoms with van der Waals surface area (Å²) >= 11 is 6.78. The van der Waals surface area contributed by atoms with Gasteiger partial charge in [-0.3, -0.25) is 9.69 Å².